The number of imidazole rings is 1. The molecule has 0 atom stereocenters. The van der Waals surface area contributed by atoms with Crippen LogP contribution in [-0.2, 0) is 10.0 Å². The fourth-order valence-electron chi connectivity index (χ4n) is 1.50. The second-order valence-corrected chi connectivity index (χ2v) is 5.88. The number of aromatic amines is 1. The van der Waals surface area contributed by atoms with Gasteiger partial charge in [-0.2, -0.15) is 8.42 Å². The van der Waals surface area contributed by atoms with Crippen molar-refractivity contribution in [3.63, 3.8) is 0 Å². The molecule has 0 aliphatic rings. The molecule has 0 aromatic carbocycles. The summed E-state index contributed by atoms with van der Waals surface area (Å²) in [5, 5.41) is 0.0609. The van der Waals surface area contributed by atoms with Crippen molar-refractivity contribution < 1.29 is 8.42 Å². The molecule has 6 nitrogen and oxygen atoms in total. The summed E-state index contributed by atoms with van der Waals surface area (Å²) in [5.41, 5.74) is 0.760. The van der Waals surface area contributed by atoms with E-state index < -0.39 is 10.0 Å². The summed E-state index contributed by atoms with van der Waals surface area (Å²) >= 11 is 0. The molecule has 0 aliphatic heterocycles. The number of H-pyrrole nitrogens is 1. The number of anilines is 1. The number of aromatic nitrogens is 3. The average Bonchev–Trinajstić information content (AvgIpc) is 2.75. The third kappa shape index (κ3) is 2.21. The molecular formula is C11H14N4O2S. The van der Waals surface area contributed by atoms with Crippen LogP contribution in [0.3, 0.4) is 0 Å². The molecule has 0 saturated heterocycles. The molecule has 0 aliphatic carbocycles. The fourth-order valence-corrected chi connectivity index (χ4v) is 2.61. The van der Waals surface area contributed by atoms with Crippen LogP contribution in [0.25, 0.3) is 0 Å². The van der Waals surface area contributed by atoms with Gasteiger partial charge in [-0.15, -0.1) is 0 Å². The SMILES string of the molecule is Cc1cccc(N(C)S(=O)(=O)c2cnc(C)[nH]2)n1. The van der Waals surface area contributed by atoms with E-state index in [1.807, 2.05) is 13.0 Å². The topological polar surface area (TPSA) is 79.0 Å². The van der Waals surface area contributed by atoms with E-state index in [2.05, 4.69) is 15.0 Å². The zero-order valence-electron chi connectivity index (χ0n) is 10.4. The van der Waals surface area contributed by atoms with Crippen LogP contribution in [0, 0.1) is 13.8 Å². The summed E-state index contributed by atoms with van der Waals surface area (Å²) in [5.74, 6) is 0.932. The highest BCUT2D eigenvalue weighted by Gasteiger charge is 2.24. The standard InChI is InChI=1S/C11H14N4O2S/c1-8-5-4-6-10(13-8)15(3)18(16,17)11-7-12-9(2)14-11/h4-7H,1-3H3,(H,12,14). The summed E-state index contributed by atoms with van der Waals surface area (Å²) in [6.45, 7) is 3.51. The molecule has 0 radical (unpaired) electrons. The lowest BCUT2D eigenvalue weighted by atomic mass is 10.4. The lowest BCUT2D eigenvalue weighted by Crippen LogP contribution is -2.27. The maximum atomic E-state index is 12.3. The van der Waals surface area contributed by atoms with Gasteiger partial charge in [0.2, 0.25) is 0 Å². The molecule has 7 heteroatoms. The third-order valence-corrected chi connectivity index (χ3v) is 4.19. The van der Waals surface area contributed by atoms with Gasteiger partial charge in [-0.25, -0.2) is 9.97 Å². The Morgan fingerprint density at radius 1 is 1.28 bits per heavy atom. The van der Waals surface area contributed by atoms with Gasteiger partial charge < -0.3 is 4.98 Å². The highest BCUT2D eigenvalue weighted by molar-refractivity contribution is 7.92. The number of nitrogens with zero attached hydrogens (tertiary/aromatic N) is 3. The quantitative estimate of drug-likeness (QED) is 0.906. The molecular weight excluding hydrogens is 252 g/mol. The molecule has 0 unspecified atom stereocenters. The minimum atomic E-state index is -3.64. The van der Waals surface area contributed by atoms with E-state index in [0.717, 1.165) is 10.00 Å². The number of hydrogen-bond donors (Lipinski definition) is 1. The van der Waals surface area contributed by atoms with Crippen LogP contribution in [0.15, 0.2) is 29.4 Å². The molecule has 0 spiro atoms. The van der Waals surface area contributed by atoms with Gasteiger partial charge in [0.25, 0.3) is 10.0 Å². The molecule has 0 amide bonds. The molecule has 2 rings (SSSR count). The fraction of sp³-hybridized carbons (Fsp3) is 0.273. The second kappa shape index (κ2) is 4.41. The Hall–Kier alpha value is -1.89. The van der Waals surface area contributed by atoms with E-state index >= 15 is 0 Å². The smallest absolute Gasteiger partial charge is 0.282 e. The minimum Gasteiger partial charge on any atom is -0.332 e. The van der Waals surface area contributed by atoms with Gasteiger partial charge in [0, 0.05) is 12.7 Å². The van der Waals surface area contributed by atoms with Crippen LogP contribution in [0.1, 0.15) is 11.5 Å². The second-order valence-electron chi connectivity index (χ2n) is 3.94. The number of sulfonamides is 1. The van der Waals surface area contributed by atoms with Gasteiger partial charge in [0.1, 0.15) is 11.6 Å². The third-order valence-electron chi connectivity index (χ3n) is 2.51. The first kappa shape index (κ1) is 12.6. The van der Waals surface area contributed by atoms with E-state index in [-0.39, 0.29) is 5.03 Å². The predicted octanol–water partition coefficient (Wildman–Crippen LogP) is 1.25. The molecule has 2 heterocycles. The Morgan fingerprint density at radius 2 is 2.00 bits per heavy atom. The summed E-state index contributed by atoms with van der Waals surface area (Å²) in [4.78, 5) is 10.8. The Bertz CT molecular complexity index is 663. The monoisotopic (exact) mass is 266 g/mol. The van der Waals surface area contributed by atoms with E-state index in [1.54, 1.807) is 19.1 Å². The van der Waals surface area contributed by atoms with Crippen molar-refractivity contribution in [2.24, 2.45) is 0 Å². The van der Waals surface area contributed by atoms with Crippen LogP contribution >= 0.6 is 0 Å². The van der Waals surface area contributed by atoms with Gasteiger partial charge in [-0.05, 0) is 26.0 Å². The van der Waals surface area contributed by atoms with E-state index in [0.29, 0.717) is 11.6 Å². The van der Waals surface area contributed by atoms with Crippen molar-refractivity contribution in [1.29, 1.82) is 0 Å². The Labute approximate surface area is 106 Å². The largest absolute Gasteiger partial charge is 0.332 e. The zero-order chi connectivity index (χ0) is 13.3. The Kier molecular flexibility index (Phi) is 3.08. The molecule has 18 heavy (non-hydrogen) atoms. The summed E-state index contributed by atoms with van der Waals surface area (Å²) in [7, 11) is -2.17. The molecule has 2 aromatic rings. The number of nitrogens with one attached hydrogen (secondary N) is 1. The lowest BCUT2D eigenvalue weighted by molar-refractivity contribution is 0.590. The first-order chi connectivity index (χ1) is 8.41. The molecule has 96 valence electrons. The van der Waals surface area contributed by atoms with E-state index in [1.165, 1.54) is 13.2 Å². The zero-order valence-corrected chi connectivity index (χ0v) is 11.2. The highest BCUT2D eigenvalue weighted by Crippen LogP contribution is 2.18. The Balaban J connectivity index is 2.42. The first-order valence-corrected chi connectivity index (χ1v) is 6.79. The molecule has 0 fully saturated rings. The molecule has 2 aromatic heterocycles. The molecule has 1 N–H and O–H groups in total. The highest BCUT2D eigenvalue weighted by atomic mass is 32.2. The van der Waals surface area contributed by atoms with Gasteiger partial charge >= 0.3 is 0 Å². The summed E-state index contributed by atoms with van der Waals surface area (Å²) < 4.78 is 25.7. The van der Waals surface area contributed by atoms with Crippen molar-refractivity contribution in [1.82, 2.24) is 15.0 Å². The Morgan fingerprint density at radius 3 is 2.56 bits per heavy atom. The summed E-state index contributed by atoms with van der Waals surface area (Å²) in [6, 6.07) is 5.22. The number of aryl methyl sites for hydroxylation is 2. The average molecular weight is 266 g/mol. The van der Waals surface area contributed by atoms with E-state index in [4.69, 9.17) is 0 Å². The minimum absolute atomic E-state index is 0.0609. The van der Waals surface area contributed by atoms with Gasteiger partial charge in [0.05, 0.1) is 6.20 Å². The van der Waals surface area contributed by atoms with Crippen LogP contribution in [-0.4, -0.2) is 30.4 Å². The normalized spacial score (nSPS) is 11.5. The number of rotatable bonds is 3. The van der Waals surface area contributed by atoms with Crippen molar-refractivity contribution in [2.45, 2.75) is 18.9 Å². The van der Waals surface area contributed by atoms with Crippen molar-refractivity contribution in [3.05, 3.63) is 35.9 Å². The van der Waals surface area contributed by atoms with Gasteiger partial charge in [0.15, 0.2) is 5.03 Å². The van der Waals surface area contributed by atoms with Gasteiger partial charge in [-0.3, -0.25) is 4.31 Å². The number of pyridine rings is 1. The van der Waals surface area contributed by atoms with Crippen LogP contribution in [0.2, 0.25) is 0 Å². The predicted molar refractivity (Wildman–Crippen MR) is 67.9 cm³/mol. The van der Waals surface area contributed by atoms with Crippen molar-refractivity contribution >= 4 is 15.8 Å². The molecule has 0 bridgehead atoms. The van der Waals surface area contributed by atoms with Crippen LogP contribution in [0.4, 0.5) is 5.82 Å². The molecule has 0 saturated carbocycles. The van der Waals surface area contributed by atoms with Gasteiger partial charge in [-0.1, -0.05) is 6.07 Å². The summed E-state index contributed by atoms with van der Waals surface area (Å²) in [6.07, 6.45) is 1.30. The first-order valence-electron chi connectivity index (χ1n) is 5.35. The van der Waals surface area contributed by atoms with Crippen LogP contribution < -0.4 is 4.31 Å². The number of hydrogen-bond acceptors (Lipinski definition) is 4. The van der Waals surface area contributed by atoms with Crippen LogP contribution in [0.5, 0.6) is 0 Å². The lowest BCUT2D eigenvalue weighted by Gasteiger charge is -2.17. The van der Waals surface area contributed by atoms with E-state index in [9.17, 15) is 8.42 Å². The maximum absolute atomic E-state index is 12.3. The maximum Gasteiger partial charge on any atom is 0.282 e. The van der Waals surface area contributed by atoms with Crippen molar-refractivity contribution in [3.8, 4) is 0 Å². The van der Waals surface area contributed by atoms with Crippen molar-refractivity contribution in [2.75, 3.05) is 11.4 Å².